The minimum Gasteiger partial charge on any atom is -0.286 e. The molecular weight excluding hydrogens is 270 g/mol. The number of aryl methyl sites for hydroxylation is 1. The summed E-state index contributed by atoms with van der Waals surface area (Å²) < 4.78 is 1.33. The maximum Gasteiger partial charge on any atom is 0.280 e. The van der Waals surface area contributed by atoms with Crippen LogP contribution in [0.25, 0.3) is 4.96 Å². The average molecular weight is 277 g/mol. The largest absolute Gasteiger partial charge is 0.286 e. The Bertz CT molecular complexity index is 786. The highest BCUT2D eigenvalue weighted by molar-refractivity contribution is 7.15. The van der Waals surface area contributed by atoms with Crippen molar-refractivity contribution in [3.05, 3.63) is 49.5 Å². The van der Waals surface area contributed by atoms with Gasteiger partial charge in [0.05, 0.1) is 4.88 Å². The third-order valence-electron chi connectivity index (χ3n) is 2.48. The van der Waals surface area contributed by atoms with Crippen LogP contribution in [0.4, 0.5) is 0 Å². The first kappa shape index (κ1) is 11.2. The Kier molecular flexibility index (Phi) is 2.57. The summed E-state index contributed by atoms with van der Waals surface area (Å²) in [4.78, 5) is 25.3. The predicted molar refractivity (Wildman–Crippen MR) is 69.6 cm³/mol. The van der Waals surface area contributed by atoms with Crippen molar-refractivity contribution in [3.8, 4) is 0 Å². The molecule has 0 fully saturated rings. The van der Waals surface area contributed by atoms with Gasteiger partial charge in [-0.1, -0.05) is 6.07 Å². The van der Waals surface area contributed by atoms with Crippen molar-refractivity contribution in [1.29, 1.82) is 0 Å². The summed E-state index contributed by atoms with van der Waals surface area (Å²) in [6, 6.07) is 3.54. The Morgan fingerprint density at radius 3 is 2.89 bits per heavy atom. The number of aromatic nitrogens is 3. The molecule has 3 aromatic heterocycles. The quantitative estimate of drug-likeness (QED) is 0.669. The van der Waals surface area contributed by atoms with E-state index in [0.717, 1.165) is 0 Å². The van der Waals surface area contributed by atoms with Crippen LogP contribution < -0.4 is 5.56 Å². The van der Waals surface area contributed by atoms with Gasteiger partial charge in [-0.2, -0.15) is 0 Å². The first-order valence-corrected chi connectivity index (χ1v) is 6.86. The number of carbonyl (C=O) groups excluding carboxylic acids is 1. The van der Waals surface area contributed by atoms with E-state index in [4.69, 9.17) is 0 Å². The van der Waals surface area contributed by atoms with Gasteiger partial charge < -0.3 is 0 Å². The Labute approximate surface area is 109 Å². The van der Waals surface area contributed by atoms with Gasteiger partial charge in [0.25, 0.3) is 5.56 Å². The molecule has 3 aromatic rings. The molecule has 3 heterocycles. The van der Waals surface area contributed by atoms with E-state index < -0.39 is 0 Å². The smallest absolute Gasteiger partial charge is 0.280 e. The Morgan fingerprint density at radius 1 is 1.33 bits per heavy atom. The summed E-state index contributed by atoms with van der Waals surface area (Å²) in [5, 5.41) is 11.1. The van der Waals surface area contributed by atoms with Crippen LogP contribution in [-0.4, -0.2) is 20.4 Å². The number of thiophene rings is 1. The second kappa shape index (κ2) is 4.11. The number of fused-ring (bicyclic) bond motifs is 1. The van der Waals surface area contributed by atoms with E-state index in [9.17, 15) is 9.59 Å². The van der Waals surface area contributed by atoms with E-state index >= 15 is 0 Å². The van der Waals surface area contributed by atoms with Crippen molar-refractivity contribution in [3.63, 3.8) is 0 Å². The van der Waals surface area contributed by atoms with Crippen molar-refractivity contribution in [1.82, 2.24) is 14.6 Å². The zero-order valence-corrected chi connectivity index (χ0v) is 10.9. The van der Waals surface area contributed by atoms with Gasteiger partial charge in [-0.3, -0.25) is 9.59 Å². The van der Waals surface area contributed by atoms with Gasteiger partial charge in [-0.25, -0.2) is 4.40 Å². The van der Waals surface area contributed by atoms with Crippen LogP contribution in [-0.2, 0) is 0 Å². The Morgan fingerprint density at radius 2 is 2.17 bits per heavy atom. The summed E-state index contributed by atoms with van der Waals surface area (Å²) in [5.41, 5.74) is 0.340. The molecule has 0 bridgehead atoms. The van der Waals surface area contributed by atoms with Crippen LogP contribution in [0.1, 0.15) is 21.1 Å². The van der Waals surface area contributed by atoms with E-state index in [0.29, 0.717) is 15.5 Å². The van der Waals surface area contributed by atoms with E-state index in [1.54, 1.807) is 24.4 Å². The molecule has 0 aromatic carbocycles. The van der Waals surface area contributed by atoms with Gasteiger partial charge in [-0.05, 0) is 18.4 Å². The number of carbonyl (C=O) groups is 1. The fourth-order valence-corrected chi connectivity index (χ4v) is 3.07. The SMILES string of the molecule is Cc1nnc2scc(C(=O)c3cccs3)n2c1=O. The number of thiazole rings is 1. The maximum atomic E-state index is 12.3. The normalized spacial score (nSPS) is 10.9. The fraction of sp³-hybridized carbons (Fsp3) is 0.0909. The van der Waals surface area contributed by atoms with Gasteiger partial charge in [0.2, 0.25) is 10.7 Å². The molecule has 0 spiro atoms. The summed E-state index contributed by atoms with van der Waals surface area (Å²) >= 11 is 2.59. The summed E-state index contributed by atoms with van der Waals surface area (Å²) in [7, 11) is 0. The fourth-order valence-electron chi connectivity index (χ4n) is 1.59. The number of hydrogen-bond acceptors (Lipinski definition) is 6. The molecule has 5 nitrogen and oxygen atoms in total. The number of hydrogen-bond donors (Lipinski definition) is 0. The molecule has 0 N–H and O–H groups in total. The first-order chi connectivity index (χ1) is 8.68. The standard InChI is InChI=1S/C11H7N3O2S2/c1-6-10(16)14-7(5-18-11(14)13-12-6)9(15)8-3-2-4-17-8/h2-5H,1H3. The second-order valence-electron chi connectivity index (χ2n) is 3.64. The van der Waals surface area contributed by atoms with Crippen molar-refractivity contribution < 1.29 is 4.79 Å². The number of nitrogens with zero attached hydrogens (tertiary/aromatic N) is 3. The molecule has 0 aliphatic rings. The van der Waals surface area contributed by atoms with Crippen molar-refractivity contribution in [2.45, 2.75) is 6.92 Å². The molecule has 0 aliphatic carbocycles. The highest BCUT2D eigenvalue weighted by Crippen LogP contribution is 2.18. The van der Waals surface area contributed by atoms with Crippen LogP contribution in [0.15, 0.2) is 27.7 Å². The highest BCUT2D eigenvalue weighted by atomic mass is 32.1. The summed E-state index contributed by atoms with van der Waals surface area (Å²) in [6.45, 7) is 1.58. The lowest BCUT2D eigenvalue weighted by molar-refractivity contribution is 0.103. The summed E-state index contributed by atoms with van der Waals surface area (Å²) in [5.74, 6) is -0.161. The van der Waals surface area contributed by atoms with Crippen molar-refractivity contribution >= 4 is 33.4 Å². The van der Waals surface area contributed by atoms with Crippen molar-refractivity contribution in [2.24, 2.45) is 0 Å². The predicted octanol–water partition coefficient (Wildman–Crippen LogP) is 1.75. The topological polar surface area (TPSA) is 64.3 Å². The van der Waals surface area contributed by atoms with Crippen LogP contribution >= 0.6 is 22.7 Å². The Hall–Kier alpha value is -1.86. The number of ketones is 1. The summed E-state index contributed by atoms with van der Waals surface area (Å²) in [6.07, 6.45) is 0. The monoisotopic (exact) mass is 277 g/mol. The van der Waals surface area contributed by atoms with E-state index in [1.807, 2.05) is 5.38 Å². The van der Waals surface area contributed by atoms with Crippen molar-refractivity contribution in [2.75, 3.05) is 0 Å². The molecule has 0 aliphatic heterocycles. The molecule has 0 atom stereocenters. The second-order valence-corrected chi connectivity index (χ2v) is 5.42. The van der Waals surface area contributed by atoms with Crippen LogP contribution in [0.3, 0.4) is 0 Å². The van der Waals surface area contributed by atoms with Crippen LogP contribution in [0.2, 0.25) is 0 Å². The molecule has 7 heteroatoms. The van der Waals surface area contributed by atoms with Crippen LogP contribution in [0.5, 0.6) is 0 Å². The van der Waals surface area contributed by atoms with Gasteiger partial charge >= 0.3 is 0 Å². The molecule has 0 radical (unpaired) electrons. The first-order valence-electron chi connectivity index (χ1n) is 5.10. The molecule has 0 unspecified atom stereocenters. The minimum absolute atomic E-state index is 0.161. The highest BCUT2D eigenvalue weighted by Gasteiger charge is 2.18. The average Bonchev–Trinajstić information content (AvgIpc) is 3.01. The Balaban J connectivity index is 2.28. The molecule has 18 heavy (non-hydrogen) atoms. The lowest BCUT2D eigenvalue weighted by Gasteiger charge is -1.98. The number of rotatable bonds is 2. The minimum atomic E-state index is -0.291. The molecule has 0 amide bonds. The molecule has 3 rings (SSSR count). The maximum absolute atomic E-state index is 12.3. The zero-order chi connectivity index (χ0) is 12.7. The lowest BCUT2D eigenvalue weighted by atomic mass is 10.2. The van der Waals surface area contributed by atoms with Gasteiger partial charge in [0.1, 0.15) is 11.4 Å². The third-order valence-corrected chi connectivity index (χ3v) is 4.17. The van der Waals surface area contributed by atoms with Gasteiger partial charge in [0, 0.05) is 5.38 Å². The van der Waals surface area contributed by atoms with Gasteiger partial charge in [-0.15, -0.1) is 32.9 Å². The molecule has 0 saturated heterocycles. The molecular formula is C11H7N3O2S2. The zero-order valence-electron chi connectivity index (χ0n) is 9.28. The third kappa shape index (κ3) is 1.59. The lowest BCUT2D eigenvalue weighted by Crippen LogP contribution is -2.21. The van der Waals surface area contributed by atoms with Gasteiger partial charge in [0.15, 0.2) is 0 Å². The molecule has 90 valence electrons. The van der Waals surface area contributed by atoms with E-state index in [-0.39, 0.29) is 17.0 Å². The van der Waals surface area contributed by atoms with E-state index in [1.165, 1.54) is 27.1 Å². The van der Waals surface area contributed by atoms with E-state index in [2.05, 4.69) is 10.2 Å². The molecule has 0 saturated carbocycles. The van der Waals surface area contributed by atoms with Crippen LogP contribution in [0, 0.1) is 6.92 Å².